The molecule has 3 aromatic rings. The first-order valence-corrected chi connectivity index (χ1v) is 10.1. The van der Waals surface area contributed by atoms with E-state index in [1.54, 1.807) is 36.4 Å². The summed E-state index contributed by atoms with van der Waals surface area (Å²) in [5, 5.41) is 2.41. The van der Waals surface area contributed by atoms with Crippen molar-refractivity contribution < 1.29 is 22.3 Å². The van der Waals surface area contributed by atoms with Crippen LogP contribution in [0.2, 0.25) is 0 Å². The number of nitrogens with one attached hydrogen (secondary N) is 1. The number of halogens is 1. The molecule has 150 valence electrons. The molecular formula is C21H19FN2O4S. The second-order valence-corrected chi connectivity index (χ2v) is 7.91. The summed E-state index contributed by atoms with van der Waals surface area (Å²) in [4.78, 5) is 12.6. The van der Waals surface area contributed by atoms with E-state index in [1.807, 2.05) is 0 Å². The molecule has 1 amide bonds. The first-order valence-electron chi connectivity index (χ1n) is 8.68. The van der Waals surface area contributed by atoms with E-state index < -0.39 is 28.3 Å². The second-order valence-electron chi connectivity index (χ2n) is 6.05. The fraction of sp³-hybridized carbons (Fsp3) is 0.0952. The quantitative estimate of drug-likeness (QED) is 0.640. The van der Waals surface area contributed by atoms with Crippen LogP contribution in [-0.4, -0.2) is 28.0 Å². The minimum Gasteiger partial charge on any atom is -0.497 e. The van der Waals surface area contributed by atoms with E-state index in [0.717, 1.165) is 4.31 Å². The van der Waals surface area contributed by atoms with E-state index in [-0.39, 0.29) is 16.3 Å². The number of methoxy groups -OCH3 is 1. The number of sulfonamides is 1. The predicted octanol–water partition coefficient (Wildman–Crippen LogP) is 3.67. The van der Waals surface area contributed by atoms with Gasteiger partial charge in [-0.15, -0.1) is 0 Å². The number of ether oxygens (including phenoxy) is 1. The molecule has 0 aliphatic carbocycles. The number of para-hydroxylation sites is 1. The number of nitrogens with zero attached hydrogens (tertiary/aromatic N) is 1. The van der Waals surface area contributed by atoms with Gasteiger partial charge in [0.15, 0.2) is 0 Å². The van der Waals surface area contributed by atoms with Gasteiger partial charge in [0.1, 0.15) is 18.1 Å². The average Bonchev–Trinajstić information content (AvgIpc) is 2.74. The molecule has 0 bridgehead atoms. The van der Waals surface area contributed by atoms with Crippen molar-refractivity contribution in [3.8, 4) is 5.75 Å². The average molecular weight is 414 g/mol. The summed E-state index contributed by atoms with van der Waals surface area (Å²) in [7, 11) is -2.54. The fourth-order valence-electron chi connectivity index (χ4n) is 2.67. The zero-order chi connectivity index (χ0) is 20.9. The molecule has 0 saturated heterocycles. The maximum atomic E-state index is 13.8. The van der Waals surface area contributed by atoms with E-state index in [0.29, 0.717) is 5.75 Å². The molecule has 0 fully saturated rings. The minimum atomic E-state index is -4.03. The molecule has 0 radical (unpaired) electrons. The third kappa shape index (κ3) is 4.72. The third-order valence-electron chi connectivity index (χ3n) is 4.13. The summed E-state index contributed by atoms with van der Waals surface area (Å²) in [5.41, 5.74) is 0.252. The Morgan fingerprint density at radius 3 is 2.21 bits per heavy atom. The Morgan fingerprint density at radius 1 is 0.966 bits per heavy atom. The van der Waals surface area contributed by atoms with Gasteiger partial charge in [-0.3, -0.25) is 9.10 Å². The van der Waals surface area contributed by atoms with Crippen LogP contribution in [-0.2, 0) is 14.8 Å². The molecule has 0 atom stereocenters. The summed E-state index contributed by atoms with van der Waals surface area (Å²) in [5.74, 6) is -0.741. The lowest BCUT2D eigenvalue weighted by Gasteiger charge is -2.24. The van der Waals surface area contributed by atoms with Crippen molar-refractivity contribution >= 4 is 27.3 Å². The summed E-state index contributed by atoms with van der Waals surface area (Å²) in [6.07, 6.45) is 0. The molecule has 29 heavy (non-hydrogen) atoms. The number of rotatable bonds is 7. The molecule has 3 rings (SSSR count). The van der Waals surface area contributed by atoms with Crippen LogP contribution in [0.5, 0.6) is 5.75 Å². The van der Waals surface area contributed by atoms with Crippen LogP contribution in [0.15, 0.2) is 83.8 Å². The van der Waals surface area contributed by atoms with E-state index in [9.17, 15) is 17.6 Å². The van der Waals surface area contributed by atoms with Crippen molar-refractivity contribution in [3.63, 3.8) is 0 Å². The van der Waals surface area contributed by atoms with Crippen molar-refractivity contribution in [2.45, 2.75) is 4.90 Å². The topological polar surface area (TPSA) is 75.7 Å². The van der Waals surface area contributed by atoms with E-state index >= 15 is 0 Å². The van der Waals surface area contributed by atoms with Gasteiger partial charge in [0, 0.05) is 0 Å². The molecular weight excluding hydrogens is 395 g/mol. The Bertz CT molecular complexity index is 1090. The first kappa shape index (κ1) is 20.3. The van der Waals surface area contributed by atoms with Crippen molar-refractivity contribution in [1.29, 1.82) is 0 Å². The van der Waals surface area contributed by atoms with Crippen molar-refractivity contribution in [1.82, 2.24) is 0 Å². The Kier molecular flexibility index (Phi) is 6.13. The summed E-state index contributed by atoms with van der Waals surface area (Å²) < 4.78 is 46.3. The maximum absolute atomic E-state index is 13.8. The van der Waals surface area contributed by atoms with Gasteiger partial charge in [-0.2, -0.15) is 0 Å². The lowest BCUT2D eigenvalue weighted by atomic mass is 10.3. The van der Waals surface area contributed by atoms with Crippen LogP contribution in [0.4, 0.5) is 15.8 Å². The highest BCUT2D eigenvalue weighted by molar-refractivity contribution is 7.92. The minimum absolute atomic E-state index is 0.0238. The highest BCUT2D eigenvalue weighted by atomic mass is 32.2. The van der Waals surface area contributed by atoms with Gasteiger partial charge in [-0.25, -0.2) is 12.8 Å². The van der Waals surface area contributed by atoms with Crippen LogP contribution < -0.4 is 14.4 Å². The zero-order valence-electron chi connectivity index (χ0n) is 15.6. The van der Waals surface area contributed by atoms with Crippen LogP contribution >= 0.6 is 0 Å². The number of benzene rings is 3. The van der Waals surface area contributed by atoms with Crippen molar-refractivity contribution in [3.05, 3.63) is 84.7 Å². The second kappa shape index (κ2) is 8.74. The van der Waals surface area contributed by atoms with Gasteiger partial charge < -0.3 is 10.1 Å². The number of amides is 1. The number of anilines is 2. The normalized spacial score (nSPS) is 11.0. The molecule has 8 heteroatoms. The lowest BCUT2D eigenvalue weighted by Crippen LogP contribution is -2.38. The van der Waals surface area contributed by atoms with Gasteiger partial charge in [0.2, 0.25) is 5.91 Å². The summed E-state index contributed by atoms with van der Waals surface area (Å²) in [6.45, 7) is -0.530. The first-order chi connectivity index (χ1) is 13.9. The summed E-state index contributed by atoms with van der Waals surface area (Å²) in [6, 6.07) is 19.7. The number of hydrogen-bond acceptors (Lipinski definition) is 4. The van der Waals surface area contributed by atoms with Crippen LogP contribution in [0.3, 0.4) is 0 Å². The van der Waals surface area contributed by atoms with Crippen molar-refractivity contribution in [2.24, 2.45) is 0 Å². The van der Waals surface area contributed by atoms with Gasteiger partial charge >= 0.3 is 0 Å². The van der Waals surface area contributed by atoms with Gasteiger partial charge in [0.05, 0.1) is 23.4 Å². The molecule has 0 aliphatic rings. The Morgan fingerprint density at radius 2 is 1.59 bits per heavy atom. The molecule has 0 aromatic heterocycles. The maximum Gasteiger partial charge on any atom is 0.264 e. The summed E-state index contributed by atoms with van der Waals surface area (Å²) >= 11 is 0. The molecule has 3 aromatic carbocycles. The smallest absolute Gasteiger partial charge is 0.264 e. The molecule has 0 spiro atoms. The Hall–Kier alpha value is -3.39. The highest BCUT2D eigenvalue weighted by Gasteiger charge is 2.27. The third-order valence-corrected chi connectivity index (χ3v) is 5.91. The standard InChI is InChI=1S/C21H19FN2O4S/c1-28-17-13-11-16(12-14-17)24(29(26,27)18-7-3-2-4-8-18)15-21(25)23-20-10-6-5-9-19(20)22/h2-14H,15H2,1H3,(H,23,25). The molecule has 0 saturated carbocycles. The van der Waals surface area contributed by atoms with Crippen LogP contribution in [0.25, 0.3) is 0 Å². The van der Waals surface area contributed by atoms with E-state index in [1.165, 1.54) is 49.6 Å². The Labute approximate surface area is 168 Å². The van der Waals surface area contributed by atoms with Gasteiger partial charge in [0.25, 0.3) is 10.0 Å². The predicted molar refractivity (Wildman–Crippen MR) is 109 cm³/mol. The number of hydrogen-bond donors (Lipinski definition) is 1. The van der Waals surface area contributed by atoms with E-state index in [2.05, 4.69) is 5.32 Å². The number of carbonyl (C=O) groups is 1. The van der Waals surface area contributed by atoms with E-state index in [4.69, 9.17) is 4.74 Å². The van der Waals surface area contributed by atoms with Crippen LogP contribution in [0.1, 0.15) is 0 Å². The van der Waals surface area contributed by atoms with Gasteiger partial charge in [-0.05, 0) is 48.5 Å². The SMILES string of the molecule is COc1ccc(N(CC(=O)Nc2ccccc2F)S(=O)(=O)c2ccccc2)cc1. The monoisotopic (exact) mass is 414 g/mol. The molecule has 0 heterocycles. The Balaban J connectivity index is 1.94. The fourth-order valence-corrected chi connectivity index (χ4v) is 4.11. The molecule has 0 aliphatic heterocycles. The number of carbonyl (C=O) groups excluding carboxylic acids is 1. The molecule has 6 nitrogen and oxygen atoms in total. The van der Waals surface area contributed by atoms with Crippen molar-refractivity contribution in [2.75, 3.05) is 23.3 Å². The zero-order valence-corrected chi connectivity index (χ0v) is 16.4. The largest absolute Gasteiger partial charge is 0.497 e. The molecule has 1 N–H and O–H groups in total. The highest BCUT2D eigenvalue weighted by Crippen LogP contribution is 2.26. The van der Waals surface area contributed by atoms with Gasteiger partial charge in [-0.1, -0.05) is 30.3 Å². The lowest BCUT2D eigenvalue weighted by molar-refractivity contribution is -0.114. The van der Waals surface area contributed by atoms with Crippen LogP contribution in [0, 0.1) is 5.82 Å². The molecule has 0 unspecified atom stereocenters.